The Morgan fingerprint density at radius 2 is 2.22 bits per heavy atom. The summed E-state index contributed by atoms with van der Waals surface area (Å²) in [5.74, 6) is 1.32. The number of nitrogens with zero attached hydrogens (tertiary/aromatic N) is 2. The van der Waals surface area contributed by atoms with E-state index in [-0.39, 0.29) is 5.95 Å². The number of methoxy groups -OCH3 is 1. The third kappa shape index (κ3) is 2.83. The predicted octanol–water partition coefficient (Wildman–Crippen LogP) is 3.23. The van der Waals surface area contributed by atoms with Gasteiger partial charge in [-0.2, -0.15) is 4.98 Å². The van der Waals surface area contributed by atoms with Crippen molar-refractivity contribution in [1.82, 2.24) is 9.97 Å². The van der Waals surface area contributed by atoms with Gasteiger partial charge in [0, 0.05) is 10.5 Å². The number of anilines is 3. The maximum absolute atomic E-state index is 5.98. The molecule has 5 nitrogen and oxygen atoms in total. The van der Waals surface area contributed by atoms with Gasteiger partial charge < -0.3 is 15.8 Å². The Kier molecular flexibility index (Phi) is 3.88. The molecule has 0 saturated heterocycles. The predicted molar refractivity (Wildman–Crippen MR) is 75.4 cm³/mol. The molecular weight excluding hydrogens is 320 g/mol. The fourth-order valence-corrected chi connectivity index (χ4v) is 1.81. The van der Waals surface area contributed by atoms with Gasteiger partial charge in [-0.3, -0.25) is 0 Å². The van der Waals surface area contributed by atoms with Gasteiger partial charge in [0.15, 0.2) is 5.82 Å². The Bertz CT molecular complexity index is 579. The van der Waals surface area contributed by atoms with Crippen LogP contribution in [0.3, 0.4) is 0 Å². The van der Waals surface area contributed by atoms with Gasteiger partial charge in [0.1, 0.15) is 10.8 Å². The van der Waals surface area contributed by atoms with Crippen LogP contribution in [-0.2, 0) is 0 Å². The van der Waals surface area contributed by atoms with Crippen LogP contribution in [0.4, 0.5) is 17.5 Å². The summed E-state index contributed by atoms with van der Waals surface area (Å²) < 4.78 is 6.01. The van der Waals surface area contributed by atoms with Crippen LogP contribution in [-0.4, -0.2) is 17.1 Å². The van der Waals surface area contributed by atoms with Gasteiger partial charge in [0.05, 0.1) is 19.0 Å². The molecule has 18 heavy (non-hydrogen) atoms. The Morgan fingerprint density at radius 3 is 2.94 bits per heavy atom. The first kappa shape index (κ1) is 12.9. The van der Waals surface area contributed by atoms with Crippen molar-refractivity contribution in [3.05, 3.63) is 33.9 Å². The summed E-state index contributed by atoms with van der Waals surface area (Å²) in [7, 11) is 1.60. The molecule has 0 aliphatic heterocycles. The van der Waals surface area contributed by atoms with Crippen molar-refractivity contribution >= 4 is 45.0 Å². The fourth-order valence-electron chi connectivity index (χ4n) is 1.32. The van der Waals surface area contributed by atoms with E-state index in [1.165, 1.54) is 6.20 Å². The Hall–Kier alpha value is -1.53. The first-order chi connectivity index (χ1) is 8.60. The van der Waals surface area contributed by atoms with E-state index < -0.39 is 0 Å². The second-order valence-electron chi connectivity index (χ2n) is 3.40. The first-order valence-corrected chi connectivity index (χ1v) is 6.16. The molecule has 1 aromatic carbocycles. The minimum Gasteiger partial charge on any atom is -0.497 e. The molecule has 0 aliphatic carbocycles. The van der Waals surface area contributed by atoms with Crippen molar-refractivity contribution in [2.45, 2.75) is 0 Å². The molecule has 0 radical (unpaired) electrons. The van der Waals surface area contributed by atoms with Crippen LogP contribution < -0.4 is 15.8 Å². The van der Waals surface area contributed by atoms with Gasteiger partial charge in [-0.05, 0) is 28.1 Å². The van der Waals surface area contributed by atoms with E-state index in [4.69, 9.17) is 22.1 Å². The number of benzene rings is 1. The second kappa shape index (κ2) is 5.41. The van der Waals surface area contributed by atoms with Crippen molar-refractivity contribution in [1.29, 1.82) is 0 Å². The normalized spacial score (nSPS) is 10.2. The van der Waals surface area contributed by atoms with E-state index in [9.17, 15) is 0 Å². The smallest absolute Gasteiger partial charge is 0.222 e. The van der Waals surface area contributed by atoms with Gasteiger partial charge in [-0.25, -0.2) is 4.98 Å². The monoisotopic (exact) mass is 328 g/mol. The van der Waals surface area contributed by atoms with E-state index in [0.717, 1.165) is 15.9 Å². The number of halogens is 2. The molecule has 7 heteroatoms. The highest BCUT2D eigenvalue weighted by atomic mass is 79.9. The largest absolute Gasteiger partial charge is 0.497 e. The highest BCUT2D eigenvalue weighted by molar-refractivity contribution is 9.10. The average Bonchev–Trinajstić information content (AvgIpc) is 2.36. The number of nitrogens with one attached hydrogen (secondary N) is 1. The van der Waals surface area contributed by atoms with Crippen molar-refractivity contribution in [2.75, 3.05) is 18.2 Å². The summed E-state index contributed by atoms with van der Waals surface area (Å²) in [6.07, 6.45) is 1.44. The minimum absolute atomic E-state index is 0.154. The zero-order valence-corrected chi connectivity index (χ0v) is 11.8. The van der Waals surface area contributed by atoms with Gasteiger partial charge in [0.2, 0.25) is 5.95 Å². The zero-order chi connectivity index (χ0) is 13.1. The quantitative estimate of drug-likeness (QED) is 0.904. The Morgan fingerprint density at radius 1 is 1.44 bits per heavy atom. The third-order valence-corrected chi connectivity index (χ3v) is 3.16. The van der Waals surface area contributed by atoms with Gasteiger partial charge in [-0.1, -0.05) is 11.6 Å². The molecule has 2 rings (SSSR count). The zero-order valence-electron chi connectivity index (χ0n) is 9.45. The standard InChI is InChI=1S/C11H10BrClN4O/c1-18-6-2-3-7(12)9(4-6)16-10-8(13)5-15-11(14)17-10/h2-5H,1H3,(H3,14,15,16,17). The lowest BCUT2D eigenvalue weighted by Crippen LogP contribution is -2.01. The average molecular weight is 330 g/mol. The van der Waals surface area contributed by atoms with Crippen molar-refractivity contribution in [3.8, 4) is 5.75 Å². The molecule has 0 saturated carbocycles. The van der Waals surface area contributed by atoms with Gasteiger partial charge in [-0.15, -0.1) is 0 Å². The molecule has 0 aliphatic rings. The summed E-state index contributed by atoms with van der Waals surface area (Å²) in [6, 6.07) is 5.52. The van der Waals surface area contributed by atoms with E-state index in [2.05, 4.69) is 31.2 Å². The van der Waals surface area contributed by atoms with E-state index in [1.54, 1.807) is 7.11 Å². The summed E-state index contributed by atoms with van der Waals surface area (Å²) in [5.41, 5.74) is 6.29. The molecule has 1 aromatic heterocycles. The van der Waals surface area contributed by atoms with E-state index in [0.29, 0.717) is 10.8 Å². The lowest BCUT2D eigenvalue weighted by atomic mass is 10.3. The highest BCUT2D eigenvalue weighted by Crippen LogP contribution is 2.31. The lowest BCUT2D eigenvalue weighted by Gasteiger charge is -2.10. The maximum atomic E-state index is 5.98. The molecule has 94 valence electrons. The number of ether oxygens (including phenoxy) is 1. The van der Waals surface area contributed by atoms with E-state index in [1.807, 2.05) is 18.2 Å². The van der Waals surface area contributed by atoms with Gasteiger partial charge >= 0.3 is 0 Å². The topological polar surface area (TPSA) is 73.1 Å². The molecule has 0 bridgehead atoms. The number of rotatable bonds is 3. The number of nitrogens with two attached hydrogens (primary N) is 1. The van der Waals surface area contributed by atoms with E-state index >= 15 is 0 Å². The molecule has 0 unspecified atom stereocenters. The van der Waals surface area contributed by atoms with Crippen LogP contribution in [0.15, 0.2) is 28.9 Å². The molecule has 0 spiro atoms. The van der Waals surface area contributed by atoms with Crippen LogP contribution in [0.5, 0.6) is 5.75 Å². The van der Waals surface area contributed by atoms with Crippen LogP contribution >= 0.6 is 27.5 Å². The van der Waals surface area contributed by atoms with Crippen LogP contribution in [0.1, 0.15) is 0 Å². The summed E-state index contributed by atoms with van der Waals surface area (Å²) >= 11 is 9.41. The van der Waals surface area contributed by atoms with Gasteiger partial charge in [0.25, 0.3) is 0 Å². The first-order valence-electron chi connectivity index (χ1n) is 4.98. The van der Waals surface area contributed by atoms with Crippen LogP contribution in [0, 0.1) is 0 Å². The summed E-state index contributed by atoms with van der Waals surface area (Å²) in [4.78, 5) is 7.82. The molecule has 0 atom stereocenters. The highest BCUT2D eigenvalue weighted by Gasteiger charge is 2.07. The molecule has 0 fully saturated rings. The third-order valence-electron chi connectivity index (χ3n) is 2.19. The maximum Gasteiger partial charge on any atom is 0.222 e. The molecule has 2 aromatic rings. The van der Waals surface area contributed by atoms with Crippen LogP contribution in [0.2, 0.25) is 5.02 Å². The number of hydrogen-bond acceptors (Lipinski definition) is 5. The number of aromatic nitrogens is 2. The lowest BCUT2D eigenvalue weighted by molar-refractivity contribution is 0.415. The summed E-state index contributed by atoms with van der Waals surface area (Å²) in [5, 5.41) is 3.45. The summed E-state index contributed by atoms with van der Waals surface area (Å²) in [6.45, 7) is 0. The molecule has 1 heterocycles. The van der Waals surface area contributed by atoms with Crippen molar-refractivity contribution in [3.63, 3.8) is 0 Å². The van der Waals surface area contributed by atoms with Crippen molar-refractivity contribution in [2.24, 2.45) is 0 Å². The number of nitrogen functional groups attached to an aromatic ring is 1. The Balaban J connectivity index is 2.36. The molecular formula is C11H10BrClN4O. The molecule has 0 amide bonds. The minimum atomic E-state index is 0.154. The second-order valence-corrected chi connectivity index (χ2v) is 4.66. The SMILES string of the molecule is COc1ccc(Br)c(Nc2nc(N)ncc2Cl)c1. The van der Waals surface area contributed by atoms with Crippen LogP contribution in [0.25, 0.3) is 0 Å². The molecule has 3 N–H and O–H groups in total. The number of hydrogen-bond donors (Lipinski definition) is 2. The fraction of sp³-hybridized carbons (Fsp3) is 0.0909. The van der Waals surface area contributed by atoms with Crippen molar-refractivity contribution < 1.29 is 4.74 Å². The Labute approximate surface area is 117 Å².